The van der Waals surface area contributed by atoms with E-state index < -0.39 is 0 Å². The first kappa shape index (κ1) is 9.17. The molecule has 2 aliphatic carbocycles. The van der Waals surface area contributed by atoms with Gasteiger partial charge in [-0.3, -0.25) is 0 Å². The van der Waals surface area contributed by atoms with Crippen molar-refractivity contribution in [2.24, 2.45) is 11.8 Å². The van der Waals surface area contributed by atoms with Crippen LogP contribution in [0.2, 0.25) is 0 Å². The van der Waals surface area contributed by atoms with E-state index >= 15 is 0 Å². The van der Waals surface area contributed by atoms with Crippen molar-refractivity contribution in [1.29, 1.82) is 0 Å². The Morgan fingerprint density at radius 3 is 2.29 bits per heavy atom. The molecule has 1 heterocycles. The van der Waals surface area contributed by atoms with Crippen LogP contribution in [0, 0.1) is 11.8 Å². The number of rotatable bonds is 5. The van der Waals surface area contributed by atoms with Crippen molar-refractivity contribution in [2.45, 2.75) is 50.7 Å². The fourth-order valence-corrected chi connectivity index (χ4v) is 2.70. The lowest BCUT2D eigenvalue weighted by atomic mass is 10.1. The molecule has 1 unspecified atom stereocenters. The zero-order valence-corrected chi connectivity index (χ0v) is 8.87. The van der Waals surface area contributed by atoms with E-state index in [1.165, 1.54) is 38.5 Å². The second-order valence-corrected chi connectivity index (χ2v) is 5.24. The van der Waals surface area contributed by atoms with E-state index in [-0.39, 0.29) is 0 Å². The predicted molar refractivity (Wildman–Crippen MR) is 56.2 cm³/mol. The van der Waals surface area contributed by atoms with Crippen LogP contribution in [0.25, 0.3) is 0 Å². The molecule has 1 aliphatic heterocycles. The van der Waals surface area contributed by atoms with Crippen molar-refractivity contribution in [3.63, 3.8) is 0 Å². The standard InChI is InChI=1S/C12H21NO/c1-2-11(14-7-1)8-13-12(9-3-4-9)10-5-6-10/h9-13H,1-8H2. The first-order chi connectivity index (χ1) is 6.93. The number of nitrogens with one attached hydrogen (secondary N) is 1. The Morgan fingerprint density at radius 2 is 1.79 bits per heavy atom. The second-order valence-electron chi connectivity index (χ2n) is 5.24. The summed E-state index contributed by atoms with van der Waals surface area (Å²) < 4.78 is 5.64. The lowest BCUT2D eigenvalue weighted by Crippen LogP contribution is -2.38. The minimum absolute atomic E-state index is 0.523. The second kappa shape index (κ2) is 3.82. The van der Waals surface area contributed by atoms with Crippen molar-refractivity contribution < 1.29 is 4.74 Å². The summed E-state index contributed by atoms with van der Waals surface area (Å²) in [5.41, 5.74) is 0. The fourth-order valence-electron chi connectivity index (χ4n) is 2.70. The lowest BCUT2D eigenvalue weighted by Gasteiger charge is -2.20. The molecule has 2 saturated carbocycles. The highest BCUT2D eigenvalue weighted by atomic mass is 16.5. The summed E-state index contributed by atoms with van der Waals surface area (Å²) in [6, 6.07) is 0.846. The predicted octanol–water partition coefficient (Wildman–Crippen LogP) is 1.94. The zero-order chi connectivity index (χ0) is 9.38. The van der Waals surface area contributed by atoms with Crippen LogP contribution in [0.4, 0.5) is 0 Å². The Morgan fingerprint density at radius 1 is 1.07 bits per heavy atom. The molecule has 0 bridgehead atoms. The van der Waals surface area contributed by atoms with Gasteiger partial charge in [0.2, 0.25) is 0 Å². The molecular formula is C12H21NO. The SMILES string of the molecule is C1COC(CNC(C2CC2)C2CC2)C1. The minimum Gasteiger partial charge on any atom is -0.377 e. The summed E-state index contributed by atoms with van der Waals surface area (Å²) in [5, 5.41) is 3.76. The van der Waals surface area contributed by atoms with E-state index in [9.17, 15) is 0 Å². The third-order valence-electron chi connectivity index (χ3n) is 3.86. The summed E-state index contributed by atoms with van der Waals surface area (Å²) in [6.07, 6.45) is 8.95. The largest absolute Gasteiger partial charge is 0.377 e. The van der Waals surface area contributed by atoms with Gasteiger partial charge < -0.3 is 10.1 Å². The third kappa shape index (κ3) is 2.12. The fraction of sp³-hybridized carbons (Fsp3) is 1.00. The van der Waals surface area contributed by atoms with E-state index in [0.29, 0.717) is 6.10 Å². The van der Waals surface area contributed by atoms with Gasteiger partial charge >= 0.3 is 0 Å². The summed E-state index contributed by atoms with van der Waals surface area (Å²) in [6.45, 7) is 2.10. The lowest BCUT2D eigenvalue weighted by molar-refractivity contribution is 0.105. The highest BCUT2D eigenvalue weighted by Crippen LogP contribution is 2.44. The molecule has 14 heavy (non-hydrogen) atoms. The molecule has 2 heteroatoms. The maximum Gasteiger partial charge on any atom is 0.0700 e. The third-order valence-corrected chi connectivity index (χ3v) is 3.86. The van der Waals surface area contributed by atoms with Crippen LogP contribution in [-0.4, -0.2) is 25.3 Å². The van der Waals surface area contributed by atoms with E-state index in [2.05, 4.69) is 5.32 Å². The maximum atomic E-state index is 5.64. The van der Waals surface area contributed by atoms with Crippen LogP contribution in [0.3, 0.4) is 0 Å². The first-order valence-electron chi connectivity index (χ1n) is 6.28. The van der Waals surface area contributed by atoms with Gasteiger partial charge in [0, 0.05) is 19.2 Å². The monoisotopic (exact) mass is 195 g/mol. The first-order valence-corrected chi connectivity index (χ1v) is 6.28. The molecule has 2 nitrogen and oxygen atoms in total. The van der Waals surface area contributed by atoms with E-state index in [1.807, 2.05) is 0 Å². The summed E-state index contributed by atoms with van der Waals surface area (Å²) >= 11 is 0. The van der Waals surface area contributed by atoms with Crippen molar-refractivity contribution in [3.8, 4) is 0 Å². The highest BCUT2D eigenvalue weighted by Gasteiger charge is 2.41. The minimum atomic E-state index is 0.523. The van der Waals surface area contributed by atoms with Crippen LogP contribution in [0.5, 0.6) is 0 Å². The van der Waals surface area contributed by atoms with Crippen molar-refractivity contribution in [3.05, 3.63) is 0 Å². The maximum absolute atomic E-state index is 5.64. The number of ether oxygens (including phenoxy) is 1. The van der Waals surface area contributed by atoms with Gasteiger partial charge in [-0.1, -0.05) is 0 Å². The molecule has 0 aromatic heterocycles. The molecule has 0 aromatic rings. The molecule has 0 aromatic carbocycles. The molecule has 0 spiro atoms. The number of hydrogen-bond donors (Lipinski definition) is 1. The van der Waals surface area contributed by atoms with E-state index in [4.69, 9.17) is 4.74 Å². The molecule has 3 fully saturated rings. The van der Waals surface area contributed by atoms with Gasteiger partial charge in [0.05, 0.1) is 6.10 Å². The Bertz CT molecular complexity index is 180. The Labute approximate surface area is 86.4 Å². The van der Waals surface area contributed by atoms with Crippen molar-refractivity contribution >= 4 is 0 Å². The zero-order valence-electron chi connectivity index (χ0n) is 8.87. The van der Waals surface area contributed by atoms with Crippen molar-refractivity contribution in [2.75, 3.05) is 13.2 Å². The summed E-state index contributed by atoms with van der Waals surface area (Å²) in [4.78, 5) is 0. The Hall–Kier alpha value is -0.0800. The van der Waals surface area contributed by atoms with E-state index in [0.717, 1.165) is 31.0 Å². The number of hydrogen-bond acceptors (Lipinski definition) is 2. The van der Waals surface area contributed by atoms with Gasteiger partial charge in [-0.2, -0.15) is 0 Å². The van der Waals surface area contributed by atoms with Crippen molar-refractivity contribution in [1.82, 2.24) is 5.32 Å². The van der Waals surface area contributed by atoms with Crippen LogP contribution in [0.1, 0.15) is 38.5 Å². The molecular weight excluding hydrogens is 174 g/mol. The molecule has 1 atom stereocenters. The molecule has 80 valence electrons. The molecule has 0 radical (unpaired) electrons. The Kier molecular flexibility index (Phi) is 2.50. The summed E-state index contributed by atoms with van der Waals surface area (Å²) in [5.74, 6) is 2.04. The average Bonchev–Trinajstić information content (AvgIpc) is 3.09. The van der Waals surface area contributed by atoms with Gasteiger partial charge in [0.1, 0.15) is 0 Å². The Balaban J connectivity index is 1.44. The van der Waals surface area contributed by atoms with Gasteiger partial charge in [-0.05, 0) is 50.4 Å². The van der Waals surface area contributed by atoms with Crippen LogP contribution >= 0.6 is 0 Å². The smallest absolute Gasteiger partial charge is 0.0700 e. The summed E-state index contributed by atoms with van der Waals surface area (Å²) in [7, 11) is 0. The topological polar surface area (TPSA) is 21.3 Å². The normalized spacial score (nSPS) is 32.8. The van der Waals surface area contributed by atoms with E-state index in [1.54, 1.807) is 0 Å². The molecule has 1 N–H and O–H groups in total. The molecule has 3 rings (SSSR count). The quantitative estimate of drug-likeness (QED) is 0.724. The average molecular weight is 195 g/mol. The molecule has 1 saturated heterocycles. The van der Waals surface area contributed by atoms with Crippen LogP contribution < -0.4 is 5.32 Å². The van der Waals surface area contributed by atoms with Gasteiger partial charge in [0.15, 0.2) is 0 Å². The molecule has 0 amide bonds. The highest BCUT2D eigenvalue weighted by molar-refractivity contribution is 4.96. The van der Waals surface area contributed by atoms with Gasteiger partial charge in [-0.25, -0.2) is 0 Å². The van der Waals surface area contributed by atoms with Crippen LogP contribution in [0.15, 0.2) is 0 Å². The molecule has 3 aliphatic rings. The van der Waals surface area contributed by atoms with Gasteiger partial charge in [-0.15, -0.1) is 0 Å². The van der Waals surface area contributed by atoms with Crippen LogP contribution in [-0.2, 0) is 4.74 Å². The van der Waals surface area contributed by atoms with Gasteiger partial charge in [0.25, 0.3) is 0 Å².